The maximum absolute atomic E-state index is 5.45. The highest BCUT2D eigenvalue weighted by molar-refractivity contribution is 5.27. The predicted octanol–water partition coefficient (Wildman–Crippen LogP) is 3.67. The third-order valence-corrected chi connectivity index (χ3v) is 3.60. The molecule has 0 spiro atoms. The zero-order valence-electron chi connectivity index (χ0n) is 14.0. The van der Waals surface area contributed by atoms with Crippen LogP contribution < -0.4 is 10.1 Å². The Balaban J connectivity index is 2.48. The Labute approximate surface area is 130 Å². The van der Waals surface area contributed by atoms with Crippen LogP contribution in [0.2, 0.25) is 0 Å². The molecule has 1 unspecified atom stereocenters. The molecule has 0 fully saturated rings. The summed E-state index contributed by atoms with van der Waals surface area (Å²) in [6.45, 7) is 9.20. The average molecular weight is 293 g/mol. The second-order valence-corrected chi connectivity index (χ2v) is 5.82. The highest BCUT2D eigenvalue weighted by atomic mass is 16.5. The van der Waals surface area contributed by atoms with E-state index < -0.39 is 0 Å². The highest BCUT2D eigenvalue weighted by Crippen LogP contribution is 2.17. The lowest BCUT2D eigenvalue weighted by molar-refractivity contribution is 0.139. The Kier molecular flexibility index (Phi) is 9.11. The van der Waals surface area contributed by atoms with E-state index in [0.717, 1.165) is 38.3 Å². The lowest BCUT2D eigenvalue weighted by atomic mass is 9.94. The minimum Gasteiger partial charge on any atom is -0.497 e. The van der Waals surface area contributed by atoms with Crippen LogP contribution >= 0.6 is 0 Å². The van der Waals surface area contributed by atoms with Gasteiger partial charge in [-0.05, 0) is 56.3 Å². The summed E-state index contributed by atoms with van der Waals surface area (Å²) in [7, 11) is 1.71. The molecule has 0 radical (unpaired) electrons. The molecule has 120 valence electrons. The molecule has 1 atom stereocenters. The van der Waals surface area contributed by atoms with Gasteiger partial charge in [-0.3, -0.25) is 0 Å². The normalized spacial score (nSPS) is 12.6. The van der Waals surface area contributed by atoms with E-state index in [9.17, 15) is 0 Å². The molecule has 3 nitrogen and oxygen atoms in total. The summed E-state index contributed by atoms with van der Waals surface area (Å²) < 4.78 is 10.7. The van der Waals surface area contributed by atoms with Crippen LogP contribution in [-0.2, 0) is 11.2 Å². The van der Waals surface area contributed by atoms with Gasteiger partial charge in [-0.1, -0.05) is 26.0 Å². The second-order valence-electron chi connectivity index (χ2n) is 5.82. The lowest BCUT2D eigenvalue weighted by Crippen LogP contribution is -2.30. The van der Waals surface area contributed by atoms with Gasteiger partial charge in [0.15, 0.2) is 0 Å². The molecule has 1 aromatic carbocycles. The lowest BCUT2D eigenvalue weighted by Gasteiger charge is -2.19. The fourth-order valence-electron chi connectivity index (χ4n) is 2.39. The van der Waals surface area contributed by atoms with Crippen molar-refractivity contribution in [2.75, 3.05) is 26.9 Å². The number of hydrogen-bond acceptors (Lipinski definition) is 3. The minimum atomic E-state index is 0.537. The first kappa shape index (κ1) is 18.0. The first-order chi connectivity index (χ1) is 10.2. The van der Waals surface area contributed by atoms with E-state index in [1.165, 1.54) is 12.0 Å². The molecule has 0 bridgehead atoms. The smallest absolute Gasteiger partial charge is 0.118 e. The highest BCUT2D eigenvalue weighted by Gasteiger charge is 2.10. The summed E-state index contributed by atoms with van der Waals surface area (Å²) in [5.74, 6) is 1.58. The second kappa shape index (κ2) is 10.6. The van der Waals surface area contributed by atoms with Crippen molar-refractivity contribution in [3.8, 4) is 5.75 Å². The van der Waals surface area contributed by atoms with Crippen molar-refractivity contribution in [1.29, 1.82) is 0 Å². The molecule has 0 aliphatic carbocycles. The molecule has 3 heteroatoms. The molecule has 1 rings (SSSR count). The average Bonchev–Trinajstić information content (AvgIpc) is 2.49. The number of rotatable bonds is 11. The summed E-state index contributed by atoms with van der Waals surface area (Å²) >= 11 is 0. The molecule has 0 aliphatic heterocycles. The third kappa shape index (κ3) is 8.08. The number of methoxy groups -OCH3 is 1. The van der Waals surface area contributed by atoms with Gasteiger partial charge in [-0.15, -0.1) is 0 Å². The van der Waals surface area contributed by atoms with Gasteiger partial charge in [0.2, 0.25) is 0 Å². The van der Waals surface area contributed by atoms with E-state index >= 15 is 0 Å². The molecule has 0 saturated carbocycles. The third-order valence-electron chi connectivity index (χ3n) is 3.60. The molecule has 0 aromatic heterocycles. The number of benzene rings is 1. The van der Waals surface area contributed by atoms with Crippen molar-refractivity contribution >= 4 is 0 Å². The van der Waals surface area contributed by atoms with Crippen LogP contribution in [0.15, 0.2) is 24.3 Å². The maximum Gasteiger partial charge on any atom is 0.118 e. The summed E-state index contributed by atoms with van der Waals surface area (Å²) in [5, 5.41) is 3.56. The van der Waals surface area contributed by atoms with Crippen molar-refractivity contribution < 1.29 is 9.47 Å². The fourth-order valence-corrected chi connectivity index (χ4v) is 2.39. The Morgan fingerprint density at radius 3 is 2.43 bits per heavy atom. The molecule has 1 N–H and O–H groups in total. The molecule has 0 saturated heterocycles. The molecule has 0 aliphatic rings. The Bertz CT molecular complexity index is 362. The van der Waals surface area contributed by atoms with Crippen LogP contribution in [0.25, 0.3) is 0 Å². The van der Waals surface area contributed by atoms with E-state index in [0.29, 0.717) is 12.0 Å². The zero-order chi connectivity index (χ0) is 15.5. The quantitative estimate of drug-likeness (QED) is 0.632. The van der Waals surface area contributed by atoms with Crippen LogP contribution in [-0.4, -0.2) is 32.9 Å². The van der Waals surface area contributed by atoms with Crippen LogP contribution in [0.5, 0.6) is 5.75 Å². The first-order valence-electron chi connectivity index (χ1n) is 8.09. The summed E-state index contributed by atoms with van der Waals surface area (Å²) in [4.78, 5) is 0. The maximum atomic E-state index is 5.45. The Hall–Kier alpha value is -1.06. The van der Waals surface area contributed by atoms with E-state index in [2.05, 4.69) is 38.2 Å². The first-order valence-corrected chi connectivity index (χ1v) is 8.09. The number of nitrogens with one attached hydrogen (secondary N) is 1. The molecule has 0 heterocycles. The van der Waals surface area contributed by atoms with E-state index in [1.807, 2.05) is 12.1 Å². The monoisotopic (exact) mass is 293 g/mol. The van der Waals surface area contributed by atoms with Crippen molar-refractivity contribution in [1.82, 2.24) is 5.32 Å². The van der Waals surface area contributed by atoms with Crippen LogP contribution in [0.4, 0.5) is 0 Å². The molecular formula is C18H31NO2. The molecule has 1 aromatic rings. The molecule has 0 amide bonds. The fraction of sp³-hybridized carbons (Fsp3) is 0.667. The topological polar surface area (TPSA) is 30.5 Å². The zero-order valence-corrected chi connectivity index (χ0v) is 14.0. The van der Waals surface area contributed by atoms with Gasteiger partial charge >= 0.3 is 0 Å². The van der Waals surface area contributed by atoms with Gasteiger partial charge in [-0.2, -0.15) is 0 Å². The summed E-state index contributed by atoms with van der Waals surface area (Å²) in [6, 6.07) is 8.97. The van der Waals surface area contributed by atoms with Gasteiger partial charge in [0, 0.05) is 19.3 Å². The summed E-state index contributed by atoms with van der Waals surface area (Å²) in [5.41, 5.74) is 1.38. The molecule has 21 heavy (non-hydrogen) atoms. The van der Waals surface area contributed by atoms with E-state index in [4.69, 9.17) is 9.47 Å². The van der Waals surface area contributed by atoms with Crippen LogP contribution in [0.1, 0.15) is 39.2 Å². The van der Waals surface area contributed by atoms with Gasteiger partial charge < -0.3 is 14.8 Å². The number of hydrogen-bond donors (Lipinski definition) is 1. The molecular weight excluding hydrogens is 262 g/mol. The number of ether oxygens (including phenoxy) is 2. The van der Waals surface area contributed by atoms with Gasteiger partial charge in [-0.25, -0.2) is 0 Å². The van der Waals surface area contributed by atoms with Gasteiger partial charge in [0.05, 0.1) is 7.11 Å². The minimum absolute atomic E-state index is 0.537. The summed E-state index contributed by atoms with van der Waals surface area (Å²) in [6.07, 6.45) is 3.44. The van der Waals surface area contributed by atoms with Crippen molar-refractivity contribution in [2.45, 2.75) is 46.1 Å². The Morgan fingerprint density at radius 1 is 1.14 bits per heavy atom. The van der Waals surface area contributed by atoms with Crippen molar-refractivity contribution in [3.05, 3.63) is 29.8 Å². The largest absolute Gasteiger partial charge is 0.497 e. The van der Waals surface area contributed by atoms with Gasteiger partial charge in [0.1, 0.15) is 5.75 Å². The standard InChI is InChI=1S/C18H31NO2/c1-5-21-12-6-7-17(14-19-15(2)3)13-16-8-10-18(20-4)11-9-16/h8-11,15,17,19H,5-7,12-14H2,1-4H3. The van der Waals surface area contributed by atoms with Crippen molar-refractivity contribution in [2.24, 2.45) is 5.92 Å². The van der Waals surface area contributed by atoms with Crippen LogP contribution in [0.3, 0.4) is 0 Å². The van der Waals surface area contributed by atoms with E-state index in [-0.39, 0.29) is 0 Å². The van der Waals surface area contributed by atoms with Crippen LogP contribution in [0, 0.1) is 5.92 Å². The SMILES string of the molecule is CCOCCCC(CNC(C)C)Cc1ccc(OC)cc1. The Morgan fingerprint density at radius 2 is 1.86 bits per heavy atom. The van der Waals surface area contributed by atoms with Gasteiger partial charge in [0.25, 0.3) is 0 Å². The van der Waals surface area contributed by atoms with Crippen molar-refractivity contribution in [3.63, 3.8) is 0 Å². The predicted molar refractivity (Wildman–Crippen MR) is 89.1 cm³/mol. The van der Waals surface area contributed by atoms with E-state index in [1.54, 1.807) is 7.11 Å².